The second-order valence-corrected chi connectivity index (χ2v) is 7.33. The third-order valence-electron chi connectivity index (χ3n) is 3.88. The standard InChI is InChI=1S/C20H29IO4/c1-3-5-7-9-13-24-19(22)17-12-11-16(21)15-18(17)20(23)25-14-10-8-6-4-2/h11-12,15H,3-10,13-14H2,1-2H3. The molecule has 1 rings (SSSR count). The van der Waals surface area contributed by atoms with Gasteiger partial charge in [0.1, 0.15) is 0 Å². The Bertz CT molecular complexity index is 542. The van der Waals surface area contributed by atoms with Gasteiger partial charge >= 0.3 is 11.9 Å². The minimum absolute atomic E-state index is 0.287. The number of ether oxygens (including phenoxy) is 2. The van der Waals surface area contributed by atoms with Crippen LogP contribution < -0.4 is 0 Å². The molecule has 0 N–H and O–H groups in total. The summed E-state index contributed by atoms with van der Waals surface area (Å²) in [5.74, 6) is -0.904. The van der Waals surface area contributed by atoms with Gasteiger partial charge in [0.25, 0.3) is 0 Å². The molecule has 0 saturated heterocycles. The third kappa shape index (κ3) is 8.70. The predicted molar refractivity (Wildman–Crippen MR) is 108 cm³/mol. The lowest BCUT2D eigenvalue weighted by molar-refractivity contribution is 0.0450. The van der Waals surface area contributed by atoms with Crippen molar-refractivity contribution >= 4 is 34.5 Å². The van der Waals surface area contributed by atoms with E-state index in [-0.39, 0.29) is 5.56 Å². The molecule has 0 amide bonds. The Balaban J connectivity index is 2.61. The fourth-order valence-electron chi connectivity index (χ4n) is 2.41. The van der Waals surface area contributed by atoms with Crippen LogP contribution in [-0.2, 0) is 9.47 Å². The molecule has 0 unspecified atom stereocenters. The molecule has 0 spiro atoms. The van der Waals surface area contributed by atoms with Gasteiger partial charge in [0, 0.05) is 3.57 Å². The van der Waals surface area contributed by atoms with Crippen LogP contribution in [0.1, 0.15) is 85.9 Å². The first kappa shape index (κ1) is 21.9. The molecule has 0 fully saturated rings. The summed E-state index contributed by atoms with van der Waals surface area (Å²) in [5.41, 5.74) is 0.579. The highest BCUT2D eigenvalue weighted by Gasteiger charge is 2.19. The lowest BCUT2D eigenvalue weighted by Gasteiger charge is -2.10. The molecule has 140 valence electrons. The summed E-state index contributed by atoms with van der Waals surface area (Å²) in [6.07, 6.45) is 8.33. The van der Waals surface area contributed by atoms with Crippen LogP contribution in [-0.4, -0.2) is 25.2 Å². The highest BCUT2D eigenvalue weighted by atomic mass is 127. The van der Waals surface area contributed by atoms with Crippen molar-refractivity contribution in [1.29, 1.82) is 0 Å². The maximum Gasteiger partial charge on any atom is 0.339 e. The van der Waals surface area contributed by atoms with Crippen LogP contribution in [0.25, 0.3) is 0 Å². The Morgan fingerprint density at radius 1 is 0.800 bits per heavy atom. The van der Waals surface area contributed by atoms with Crippen molar-refractivity contribution in [2.75, 3.05) is 13.2 Å². The zero-order valence-electron chi connectivity index (χ0n) is 15.3. The Morgan fingerprint density at radius 3 is 1.84 bits per heavy atom. The zero-order chi connectivity index (χ0) is 18.5. The maximum atomic E-state index is 12.3. The van der Waals surface area contributed by atoms with Gasteiger partial charge in [-0.1, -0.05) is 52.4 Å². The molecule has 4 nitrogen and oxygen atoms in total. The van der Waals surface area contributed by atoms with Crippen molar-refractivity contribution in [3.8, 4) is 0 Å². The van der Waals surface area contributed by atoms with Crippen molar-refractivity contribution in [2.24, 2.45) is 0 Å². The van der Waals surface area contributed by atoms with Crippen LogP contribution in [0.15, 0.2) is 18.2 Å². The first-order valence-electron chi connectivity index (χ1n) is 9.24. The second-order valence-electron chi connectivity index (χ2n) is 6.08. The van der Waals surface area contributed by atoms with Gasteiger partial charge in [0.15, 0.2) is 0 Å². The average Bonchev–Trinajstić information content (AvgIpc) is 2.61. The van der Waals surface area contributed by atoms with E-state index in [1.54, 1.807) is 18.2 Å². The molecule has 1 aromatic rings. The first-order chi connectivity index (χ1) is 12.1. The minimum Gasteiger partial charge on any atom is -0.462 e. The number of esters is 2. The molecule has 0 aliphatic carbocycles. The van der Waals surface area contributed by atoms with E-state index in [4.69, 9.17) is 9.47 Å². The molecule has 25 heavy (non-hydrogen) atoms. The molecule has 0 radical (unpaired) electrons. The largest absolute Gasteiger partial charge is 0.462 e. The topological polar surface area (TPSA) is 52.6 Å². The van der Waals surface area contributed by atoms with Crippen LogP contribution in [0.5, 0.6) is 0 Å². The second kappa shape index (κ2) is 13.1. The molecule has 0 heterocycles. The lowest BCUT2D eigenvalue weighted by atomic mass is 10.1. The van der Waals surface area contributed by atoms with E-state index in [1.165, 1.54) is 0 Å². The maximum absolute atomic E-state index is 12.3. The summed E-state index contributed by atoms with van der Waals surface area (Å²) in [7, 11) is 0. The van der Waals surface area contributed by atoms with E-state index in [0.29, 0.717) is 18.8 Å². The van der Waals surface area contributed by atoms with Gasteiger partial charge in [-0.2, -0.15) is 0 Å². The fourth-order valence-corrected chi connectivity index (χ4v) is 2.90. The van der Waals surface area contributed by atoms with E-state index >= 15 is 0 Å². The van der Waals surface area contributed by atoms with E-state index < -0.39 is 11.9 Å². The number of halogens is 1. The molecular formula is C20H29IO4. The van der Waals surface area contributed by atoms with Crippen LogP contribution in [0.3, 0.4) is 0 Å². The Hall–Kier alpha value is -1.11. The van der Waals surface area contributed by atoms with E-state index in [0.717, 1.165) is 54.9 Å². The number of carbonyl (C=O) groups is 2. The lowest BCUT2D eigenvalue weighted by Crippen LogP contribution is -2.15. The first-order valence-corrected chi connectivity index (χ1v) is 10.3. The van der Waals surface area contributed by atoms with E-state index in [2.05, 4.69) is 36.4 Å². The Labute approximate surface area is 164 Å². The molecule has 5 heteroatoms. The van der Waals surface area contributed by atoms with E-state index in [1.807, 2.05) is 0 Å². The Kier molecular flexibility index (Phi) is 11.5. The number of hydrogen-bond donors (Lipinski definition) is 0. The molecular weight excluding hydrogens is 431 g/mol. The van der Waals surface area contributed by atoms with Crippen molar-refractivity contribution in [1.82, 2.24) is 0 Å². The molecule has 0 saturated carbocycles. The van der Waals surface area contributed by atoms with Gasteiger partial charge in [-0.15, -0.1) is 0 Å². The van der Waals surface area contributed by atoms with Crippen molar-refractivity contribution in [3.05, 3.63) is 32.9 Å². The van der Waals surface area contributed by atoms with Crippen molar-refractivity contribution < 1.29 is 19.1 Å². The Morgan fingerprint density at radius 2 is 1.32 bits per heavy atom. The number of hydrogen-bond acceptors (Lipinski definition) is 4. The van der Waals surface area contributed by atoms with Gasteiger partial charge in [0.2, 0.25) is 0 Å². The van der Waals surface area contributed by atoms with E-state index in [9.17, 15) is 9.59 Å². The number of carbonyl (C=O) groups excluding carboxylic acids is 2. The van der Waals surface area contributed by atoms with Crippen LogP contribution in [0.2, 0.25) is 0 Å². The van der Waals surface area contributed by atoms with Crippen LogP contribution in [0.4, 0.5) is 0 Å². The van der Waals surface area contributed by atoms with Gasteiger partial charge in [-0.3, -0.25) is 0 Å². The molecule has 1 aromatic carbocycles. The SMILES string of the molecule is CCCCCCOC(=O)c1ccc(I)cc1C(=O)OCCCCCC. The van der Waals surface area contributed by atoms with Crippen LogP contribution in [0, 0.1) is 3.57 Å². The minimum atomic E-state index is -0.453. The quantitative estimate of drug-likeness (QED) is 0.226. The molecule has 0 atom stereocenters. The summed E-state index contributed by atoms with van der Waals surface area (Å²) < 4.78 is 11.5. The summed E-state index contributed by atoms with van der Waals surface area (Å²) in [4.78, 5) is 24.6. The highest BCUT2D eigenvalue weighted by molar-refractivity contribution is 14.1. The molecule has 0 aliphatic heterocycles. The normalized spacial score (nSPS) is 10.5. The van der Waals surface area contributed by atoms with Gasteiger partial charge in [0.05, 0.1) is 24.3 Å². The molecule has 0 bridgehead atoms. The smallest absolute Gasteiger partial charge is 0.339 e. The monoisotopic (exact) mass is 460 g/mol. The summed E-state index contributed by atoms with van der Waals surface area (Å²) in [6.45, 7) is 5.04. The summed E-state index contributed by atoms with van der Waals surface area (Å²) >= 11 is 2.12. The molecule has 0 aromatic heterocycles. The van der Waals surface area contributed by atoms with Gasteiger partial charge in [-0.25, -0.2) is 9.59 Å². The highest BCUT2D eigenvalue weighted by Crippen LogP contribution is 2.17. The summed E-state index contributed by atoms with van der Waals surface area (Å²) in [6, 6.07) is 5.12. The number of unbranched alkanes of at least 4 members (excludes halogenated alkanes) is 6. The number of rotatable bonds is 12. The predicted octanol–water partition coefficient (Wildman–Crippen LogP) is 5.77. The van der Waals surface area contributed by atoms with Gasteiger partial charge in [-0.05, 0) is 53.6 Å². The summed E-state index contributed by atoms with van der Waals surface area (Å²) in [5, 5.41) is 0. The zero-order valence-corrected chi connectivity index (χ0v) is 17.5. The van der Waals surface area contributed by atoms with Crippen LogP contribution >= 0.6 is 22.6 Å². The van der Waals surface area contributed by atoms with Crippen molar-refractivity contribution in [3.63, 3.8) is 0 Å². The average molecular weight is 460 g/mol. The molecule has 0 aliphatic rings. The van der Waals surface area contributed by atoms with Crippen molar-refractivity contribution in [2.45, 2.75) is 65.2 Å². The number of benzene rings is 1. The van der Waals surface area contributed by atoms with Gasteiger partial charge < -0.3 is 9.47 Å². The third-order valence-corrected chi connectivity index (χ3v) is 4.55. The fraction of sp³-hybridized carbons (Fsp3) is 0.600.